The molecule has 2 aliphatic rings. The summed E-state index contributed by atoms with van der Waals surface area (Å²) < 4.78 is 32.8. The predicted octanol–water partition coefficient (Wildman–Crippen LogP) is 0.151. The first kappa shape index (κ1) is 18.3. The summed E-state index contributed by atoms with van der Waals surface area (Å²) in [7, 11) is -3.41. The molecule has 2 saturated heterocycles. The molecule has 3 rings (SSSR count). The largest absolute Gasteiger partial charge is 0.379 e. The fraction of sp³-hybridized carbons (Fsp3) is 0.588. The van der Waals surface area contributed by atoms with Crippen molar-refractivity contribution in [3.05, 3.63) is 35.9 Å². The number of hydrogen-bond acceptors (Lipinski definition) is 5. The summed E-state index contributed by atoms with van der Waals surface area (Å²) in [4.78, 5) is 16.1. The van der Waals surface area contributed by atoms with Crippen LogP contribution in [0.1, 0.15) is 17.3 Å². The molecule has 2 heterocycles. The molecule has 0 bridgehead atoms. The highest BCUT2D eigenvalue weighted by Gasteiger charge is 2.40. The van der Waals surface area contributed by atoms with E-state index in [0.29, 0.717) is 25.3 Å². The van der Waals surface area contributed by atoms with Crippen LogP contribution >= 0.6 is 0 Å². The van der Waals surface area contributed by atoms with Gasteiger partial charge in [0.05, 0.1) is 13.2 Å². The lowest BCUT2D eigenvalue weighted by Crippen LogP contribution is -2.60. The molecular formula is C17H25N3O4S. The van der Waals surface area contributed by atoms with Gasteiger partial charge in [-0.05, 0) is 19.1 Å². The maximum absolute atomic E-state index is 12.4. The Balaban J connectivity index is 1.47. The zero-order chi connectivity index (χ0) is 17.9. The second kappa shape index (κ2) is 7.82. The Kier molecular flexibility index (Phi) is 5.73. The molecule has 2 fully saturated rings. The minimum absolute atomic E-state index is 0.117. The van der Waals surface area contributed by atoms with Gasteiger partial charge in [-0.15, -0.1) is 0 Å². The van der Waals surface area contributed by atoms with Crippen molar-refractivity contribution in [1.29, 1.82) is 0 Å². The second-order valence-corrected chi connectivity index (χ2v) is 8.63. The summed E-state index contributed by atoms with van der Waals surface area (Å²) in [5.74, 6) is -0.117. The fourth-order valence-corrected chi connectivity index (χ4v) is 4.53. The Morgan fingerprint density at radius 2 is 1.88 bits per heavy atom. The third-order valence-electron chi connectivity index (χ3n) is 4.84. The number of carbonyl (C=O) groups is 1. The number of nitrogens with zero attached hydrogens (tertiary/aromatic N) is 2. The highest BCUT2D eigenvalue weighted by Crippen LogP contribution is 2.18. The van der Waals surface area contributed by atoms with Gasteiger partial charge in [0, 0.05) is 44.3 Å². The van der Waals surface area contributed by atoms with Gasteiger partial charge in [-0.3, -0.25) is 9.69 Å². The molecule has 8 heteroatoms. The van der Waals surface area contributed by atoms with E-state index in [1.807, 2.05) is 13.0 Å². The molecule has 1 aromatic rings. The van der Waals surface area contributed by atoms with Gasteiger partial charge in [-0.2, -0.15) is 0 Å². The quantitative estimate of drug-likeness (QED) is 0.774. The van der Waals surface area contributed by atoms with Crippen LogP contribution < -0.4 is 4.72 Å². The first-order chi connectivity index (χ1) is 12.0. The highest BCUT2D eigenvalue weighted by molar-refractivity contribution is 7.90. The smallest absolute Gasteiger partial charge is 0.253 e. The number of sulfonamides is 1. The van der Waals surface area contributed by atoms with Gasteiger partial charge in [-0.1, -0.05) is 18.2 Å². The molecule has 2 aliphatic heterocycles. The Morgan fingerprint density at radius 3 is 2.52 bits per heavy atom. The van der Waals surface area contributed by atoms with E-state index in [2.05, 4.69) is 9.62 Å². The number of benzene rings is 1. The third-order valence-corrected chi connectivity index (χ3v) is 6.59. The second-order valence-electron chi connectivity index (χ2n) is 6.59. The Labute approximate surface area is 149 Å². The SMILES string of the molecule is CC(CNS(=O)(=O)C1CN(C(=O)c2ccccc2)C1)N1CCOCC1. The van der Waals surface area contributed by atoms with Crippen LogP contribution in [0.2, 0.25) is 0 Å². The number of ether oxygens (including phenoxy) is 1. The molecule has 138 valence electrons. The molecule has 0 spiro atoms. The Bertz CT molecular complexity index is 683. The molecule has 1 atom stereocenters. The van der Waals surface area contributed by atoms with Crippen molar-refractivity contribution in [2.75, 3.05) is 45.9 Å². The molecule has 25 heavy (non-hydrogen) atoms. The number of morpholine rings is 1. The zero-order valence-corrected chi connectivity index (χ0v) is 15.2. The van der Waals surface area contributed by atoms with Crippen molar-refractivity contribution in [2.24, 2.45) is 0 Å². The topological polar surface area (TPSA) is 79.0 Å². The van der Waals surface area contributed by atoms with Crippen LogP contribution in [0.3, 0.4) is 0 Å². The predicted molar refractivity (Wildman–Crippen MR) is 94.9 cm³/mol. The average molecular weight is 367 g/mol. The average Bonchev–Trinajstić information content (AvgIpc) is 2.59. The number of amides is 1. The monoisotopic (exact) mass is 367 g/mol. The van der Waals surface area contributed by atoms with Crippen LogP contribution in [0.25, 0.3) is 0 Å². The summed E-state index contributed by atoms with van der Waals surface area (Å²) in [6.45, 7) is 5.92. The van der Waals surface area contributed by atoms with Gasteiger partial charge < -0.3 is 9.64 Å². The van der Waals surface area contributed by atoms with Crippen LogP contribution in [0.5, 0.6) is 0 Å². The van der Waals surface area contributed by atoms with Crippen molar-refractivity contribution < 1.29 is 17.9 Å². The molecule has 0 aromatic heterocycles. The molecule has 7 nitrogen and oxygen atoms in total. The van der Waals surface area contributed by atoms with Gasteiger partial charge in [0.15, 0.2) is 0 Å². The van der Waals surface area contributed by atoms with Gasteiger partial charge in [0.2, 0.25) is 10.0 Å². The summed E-state index contributed by atoms with van der Waals surface area (Å²) >= 11 is 0. The van der Waals surface area contributed by atoms with E-state index in [-0.39, 0.29) is 25.0 Å². The fourth-order valence-electron chi connectivity index (χ4n) is 3.07. The maximum Gasteiger partial charge on any atom is 0.253 e. The van der Waals surface area contributed by atoms with Crippen LogP contribution in [0.4, 0.5) is 0 Å². The van der Waals surface area contributed by atoms with E-state index < -0.39 is 15.3 Å². The van der Waals surface area contributed by atoms with Crippen LogP contribution in [0.15, 0.2) is 30.3 Å². The zero-order valence-electron chi connectivity index (χ0n) is 14.4. The first-order valence-electron chi connectivity index (χ1n) is 8.62. The van der Waals surface area contributed by atoms with Gasteiger partial charge in [0.25, 0.3) is 5.91 Å². The van der Waals surface area contributed by atoms with E-state index in [1.54, 1.807) is 29.2 Å². The molecule has 0 aliphatic carbocycles. The Hall–Kier alpha value is -1.48. The van der Waals surface area contributed by atoms with Crippen molar-refractivity contribution in [1.82, 2.24) is 14.5 Å². The Morgan fingerprint density at radius 1 is 1.24 bits per heavy atom. The molecule has 1 aromatic carbocycles. The van der Waals surface area contributed by atoms with Crippen molar-refractivity contribution in [3.8, 4) is 0 Å². The summed E-state index contributed by atoms with van der Waals surface area (Å²) in [6, 6.07) is 9.06. The van der Waals surface area contributed by atoms with Crippen LogP contribution in [-0.2, 0) is 14.8 Å². The number of carbonyl (C=O) groups excluding carboxylic acids is 1. The van der Waals surface area contributed by atoms with Gasteiger partial charge in [0.1, 0.15) is 5.25 Å². The minimum Gasteiger partial charge on any atom is -0.379 e. The van der Waals surface area contributed by atoms with Gasteiger partial charge in [-0.25, -0.2) is 13.1 Å². The van der Waals surface area contributed by atoms with Crippen molar-refractivity contribution >= 4 is 15.9 Å². The lowest BCUT2D eigenvalue weighted by Gasteiger charge is -2.39. The molecule has 1 amide bonds. The maximum atomic E-state index is 12.4. The molecule has 0 radical (unpaired) electrons. The van der Waals surface area contributed by atoms with Crippen molar-refractivity contribution in [2.45, 2.75) is 18.2 Å². The summed E-state index contributed by atoms with van der Waals surface area (Å²) in [6.07, 6.45) is 0. The number of hydrogen-bond donors (Lipinski definition) is 1. The number of rotatable bonds is 6. The minimum atomic E-state index is -3.41. The summed E-state index contributed by atoms with van der Waals surface area (Å²) in [5, 5.41) is -0.531. The number of nitrogens with one attached hydrogen (secondary N) is 1. The van der Waals surface area contributed by atoms with E-state index in [0.717, 1.165) is 13.1 Å². The first-order valence-corrected chi connectivity index (χ1v) is 10.2. The standard InChI is InChI=1S/C17H25N3O4S/c1-14(19-7-9-24-10-8-19)11-18-25(22,23)16-12-20(13-16)17(21)15-5-3-2-4-6-15/h2-6,14,16,18H,7-13H2,1H3. The number of likely N-dealkylation sites (tertiary alicyclic amines) is 1. The molecular weight excluding hydrogens is 342 g/mol. The summed E-state index contributed by atoms with van der Waals surface area (Å²) in [5.41, 5.74) is 0.590. The third kappa shape index (κ3) is 4.38. The van der Waals surface area contributed by atoms with E-state index >= 15 is 0 Å². The van der Waals surface area contributed by atoms with E-state index in [9.17, 15) is 13.2 Å². The van der Waals surface area contributed by atoms with Gasteiger partial charge >= 0.3 is 0 Å². The highest BCUT2D eigenvalue weighted by atomic mass is 32.2. The van der Waals surface area contributed by atoms with E-state index in [1.165, 1.54) is 0 Å². The lowest BCUT2D eigenvalue weighted by molar-refractivity contribution is 0.0213. The molecule has 1 unspecified atom stereocenters. The van der Waals surface area contributed by atoms with E-state index in [4.69, 9.17) is 4.74 Å². The van der Waals surface area contributed by atoms with Crippen LogP contribution in [0, 0.1) is 0 Å². The van der Waals surface area contributed by atoms with Crippen molar-refractivity contribution in [3.63, 3.8) is 0 Å². The normalized spacial score (nSPS) is 20.9. The lowest BCUT2D eigenvalue weighted by atomic mass is 10.1. The van der Waals surface area contributed by atoms with Crippen LogP contribution in [-0.4, -0.2) is 81.4 Å². The molecule has 0 saturated carbocycles. The molecule has 1 N–H and O–H groups in total.